The van der Waals surface area contributed by atoms with Crippen molar-refractivity contribution in [2.45, 2.75) is 19.8 Å². The van der Waals surface area contributed by atoms with Crippen molar-refractivity contribution in [3.8, 4) is 12.3 Å². The van der Waals surface area contributed by atoms with E-state index in [1.165, 1.54) is 6.33 Å². The fourth-order valence-corrected chi connectivity index (χ4v) is 1.46. The standard InChI is InChI=1S/C11H13N5/c1-3-4-5-6-12-10-7-9(2)15-11-13-8-14-16(10)11/h1,7-8,12H,4-6H2,2H3. The van der Waals surface area contributed by atoms with Crippen LogP contribution in [-0.2, 0) is 0 Å². The Morgan fingerprint density at radius 1 is 1.56 bits per heavy atom. The minimum atomic E-state index is 0.611. The minimum absolute atomic E-state index is 0.611. The summed E-state index contributed by atoms with van der Waals surface area (Å²) in [7, 11) is 0. The van der Waals surface area contributed by atoms with Gasteiger partial charge in [0.15, 0.2) is 0 Å². The lowest BCUT2D eigenvalue weighted by Crippen LogP contribution is -2.08. The zero-order valence-corrected chi connectivity index (χ0v) is 9.14. The van der Waals surface area contributed by atoms with Gasteiger partial charge in [-0.1, -0.05) is 0 Å². The largest absolute Gasteiger partial charge is 0.370 e. The molecule has 82 valence electrons. The van der Waals surface area contributed by atoms with Crippen molar-refractivity contribution in [3.63, 3.8) is 0 Å². The lowest BCUT2D eigenvalue weighted by Gasteiger charge is -2.07. The lowest BCUT2D eigenvalue weighted by atomic mass is 10.3. The first-order valence-corrected chi connectivity index (χ1v) is 5.16. The van der Waals surface area contributed by atoms with E-state index in [-0.39, 0.29) is 0 Å². The number of nitrogens with zero attached hydrogens (tertiary/aromatic N) is 4. The number of unbranched alkanes of at least 4 members (excludes halogenated alkanes) is 1. The molecule has 0 aliphatic rings. The highest BCUT2D eigenvalue weighted by molar-refractivity contribution is 5.44. The molecule has 0 fully saturated rings. The molecule has 0 aliphatic heterocycles. The second-order valence-electron chi connectivity index (χ2n) is 3.49. The molecule has 16 heavy (non-hydrogen) atoms. The van der Waals surface area contributed by atoms with E-state index in [9.17, 15) is 0 Å². The molecular formula is C11H13N5. The molecule has 5 nitrogen and oxygen atoms in total. The van der Waals surface area contributed by atoms with Crippen LogP contribution in [-0.4, -0.2) is 26.1 Å². The van der Waals surface area contributed by atoms with Crippen LogP contribution >= 0.6 is 0 Å². The Kier molecular flexibility index (Phi) is 3.01. The Morgan fingerprint density at radius 3 is 3.25 bits per heavy atom. The Labute approximate surface area is 93.9 Å². The maximum absolute atomic E-state index is 5.19. The van der Waals surface area contributed by atoms with Crippen LogP contribution in [0.2, 0.25) is 0 Å². The molecule has 0 radical (unpaired) electrons. The van der Waals surface area contributed by atoms with Crippen molar-refractivity contribution in [3.05, 3.63) is 18.1 Å². The number of hydrogen-bond donors (Lipinski definition) is 1. The van der Waals surface area contributed by atoms with Gasteiger partial charge in [-0.25, -0.2) is 4.98 Å². The summed E-state index contributed by atoms with van der Waals surface area (Å²) in [5, 5.41) is 7.37. The normalized spacial score (nSPS) is 10.2. The maximum Gasteiger partial charge on any atom is 0.254 e. The average Bonchev–Trinajstić information content (AvgIpc) is 2.72. The molecule has 0 bridgehead atoms. The van der Waals surface area contributed by atoms with Crippen molar-refractivity contribution < 1.29 is 0 Å². The summed E-state index contributed by atoms with van der Waals surface area (Å²) in [5.41, 5.74) is 0.917. The summed E-state index contributed by atoms with van der Waals surface area (Å²) in [6, 6.07) is 1.94. The minimum Gasteiger partial charge on any atom is -0.370 e. The number of nitrogens with one attached hydrogen (secondary N) is 1. The molecule has 5 heteroatoms. The van der Waals surface area contributed by atoms with E-state index < -0.39 is 0 Å². The molecule has 1 N–H and O–H groups in total. The number of rotatable bonds is 4. The van der Waals surface area contributed by atoms with E-state index >= 15 is 0 Å². The fourth-order valence-electron chi connectivity index (χ4n) is 1.46. The molecule has 0 aromatic carbocycles. The van der Waals surface area contributed by atoms with Gasteiger partial charge in [0.1, 0.15) is 12.1 Å². The molecule has 0 saturated heterocycles. The first-order chi connectivity index (χ1) is 7.81. The Hall–Kier alpha value is -2.09. The number of terminal acetylenes is 1. The molecular weight excluding hydrogens is 202 g/mol. The van der Waals surface area contributed by atoms with Crippen LogP contribution < -0.4 is 5.32 Å². The summed E-state index contributed by atoms with van der Waals surface area (Å²) >= 11 is 0. The zero-order valence-electron chi connectivity index (χ0n) is 9.14. The topological polar surface area (TPSA) is 55.1 Å². The second kappa shape index (κ2) is 4.62. The van der Waals surface area contributed by atoms with Crippen LogP contribution in [0.25, 0.3) is 5.78 Å². The van der Waals surface area contributed by atoms with Gasteiger partial charge in [0.25, 0.3) is 5.78 Å². The van der Waals surface area contributed by atoms with Crippen LogP contribution in [0.15, 0.2) is 12.4 Å². The van der Waals surface area contributed by atoms with Crippen LogP contribution in [0.3, 0.4) is 0 Å². The van der Waals surface area contributed by atoms with Crippen molar-refractivity contribution >= 4 is 11.6 Å². The van der Waals surface area contributed by atoms with Gasteiger partial charge in [-0.2, -0.15) is 14.6 Å². The third kappa shape index (κ3) is 2.11. The first kappa shape index (κ1) is 10.4. The van der Waals surface area contributed by atoms with Crippen molar-refractivity contribution in [1.82, 2.24) is 19.6 Å². The SMILES string of the molecule is C#CCCCNc1cc(C)nc2ncnn12. The van der Waals surface area contributed by atoms with Gasteiger partial charge in [0, 0.05) is 24.7 Å². The highest BCUT2D eigenvalue weighted by atomic mass is 15.3. The Balaban J connectivity index is 2.16. The zero-order chi connectivity index (χ0) is 11.4. The van der Waals surface area contributed by atoms with E-state index in [2.05, 4.69) is 26.3 Å². The highest BCUT2D eigenvalue weighted by Crippen LogP contribution is 2.09. The van der Waals surface area contributed by atoms with Crippen LogP contribution in [0, 0.1) is 19.3 Å². The predicted molar refractivity (Wildman–Crippen MR) is 62.1 cm³/mol. The molecule has 0 atom stereocenters. The predicted octanol–water partition coefficient (Wildman–Crippen LogP) is 1.26. The first-order valence-electron chi connectivity index (χ1n) is 5.16. The summed E-state index contributed by atoms with van der Waals surface area (Å²) in [5.74, 6) is 4.12. The maximum atomic E-state index is 5.19. The third-order valence-corrected chi connectivity index (χ3v) is 2.18. The number of aromatic nitrogens is 4. The summed E-state index contributed by atoms with van der Waals surface area (Å²) in [4.78, 5) is 8.31. The van der Waals surface area contributed by atoms with Gasteiger partial charge in [-0.3, -0.25) is 0 Å². The molecule has 0 spiro atoms. The molecule has 0 aliphatic carbocycles. The van der Waals surface area contributed by atoms with Crippen molar-refractivity contribution in [1.29, 1.82) is 0 Å². The number of hydrogen-bond acceptors (Lipinski definition) is 4. The lowest BCUT2D eigenvalue weighted by molar-refractivity contribution is 0.868. The molecule has 0 amide bonds. The van der Waals surface area contributed by atoms with Crippen molar-refractivity contribution in [2.24, 2.45) is 0 Å². The van der Waals surface area contributed by atoms with E-state index in [1.807, 2.05) is 13.0 Å². The van der Waals surface area contributed by atoms with E-state index in [0.717, 1.165) is 30.9 Å². The van der Waals surface area contributed by atoms with E-state index in [0.29, 0.717) is 5.78 Å². The quantitative estimate of drug-likeness (QED) is 0.616. The third-order valence-electron chi connectivity index (χ3n) is 2.18. The smallest absolute Gasteiger partial charge is 0.254 e. The van der Waals surface area contributed by atoms with Gasteiger partial charge in [-0.05, 0) is 13.3 Å². The molecule has 2 rings (SSSR count). The number of aryl methyl sites for hydroxylation is 1. The fraction of sp³-hybridized carbons (Fsp3) is 0.364. The van der Waals surface area contributed by atoms with Crippen LogP contribution in [0.4, 0.5) is 5.82 Å². The van der Waals surface area contributed by atoms with E-state index in [1.54, 1.807) is 4.52 Å². The highest BCUT2D eigenvalue weighted by Gasteiger charge is 2.04. The van der Waals surface area contributed by atoms with Crippen molar-refractivity contribution in [2.75, 3.05) is 11.9 Å². The summed E-state index contributed by atoms with van der Waals surface area (Å²) < 4.78 is 1.68. The molecule has 2 heterocycles. The monoisotopic (exact) mass is 215 g/mol. The van der Waals surface area contributed by atoms with Gasteiger partial charge >= 0.3 is 0 Å². The Morgan fingerprint density at radius 2 is 2.44 bits per heavy atom. The average molecular weight is 215 g/mol. The summed E-state index contributed by atoms with van der Waals surface area (Å²) in [6.07, 6.45) is 8.40. The van der Waals surface area contributed by atoms with Gasteiger partial charge < -0.3 is 5.32 Å². The van der Waals surface area contributed by atoms with E-state index in [4.69, 9.17) is 6.42 Å². The van der Waals surface area contributed by atoms with Gasteiger partial charge in [0.05, 0.1) is 0 Å². The molecule has 2 aromatic rings. The molecule has 0 saturated carbocycles. The number of fused-ring (bicyclic) bond motifs is 1. The molecule has 2 aromatic heterocycles. The van der Waals surface area contributed by atoms with Gasteiger partial charge in [-0.15, -0.1) is 12.3 Å². The van der Waals surface area contributed by atoms with Gasteiger partial charge in [0.2, 0.25) is 0 Å². The Bertz CT molecular complexity index is 523. The summed E-state index contributed by atoms with van der Waals surface area (Å²) in [6.45, 7) is 2.75. The molecule has 0 unspecified atom stereocenters. The second-order valence-corrected chi connectivity index (χ2v) is 3.49. The van der Waals surface area contributed by atoms with Crippen LogP contribution in [0.1, 0.15) is 18.5 Å². The number of anilines is 1. The van der Waals surface area contributed by atoms with Crippen LogP contribution in [0.5, 0.6) is 0 Å².